The predicted molar refractivity (Wildman–Crippen MR) is 76.5 cm³/mol. The van der Waals surface area contributed by atoms with E-state index in [4.69, 9.17) is 10.00 Å². The van der Waals surface area contributed by atoms with Gasteiger partial charge in [-0.05, 0) is 31.9 Å². The lowest BCUT2D eigenvalue weighted by Gasteiger charge is -2.35. The van der Waals surface area contributed by atoms with Crippen LogP contribution in [0.1, 0.15) is 19.8 Å². The lowest BCUT2D eigenvalue weighted by molar-refractivity contribution is 0.338. The van der Waals surface area contributed by atoms with Gasteiger partial charge in [-0.15, -0.1) is 0 Å². The quantitative estimate of drug-likeness (QED) is 0.823. The van der Waals surface area contributed by atoms with E-state index in [2.05, 4.69) is 22.4 Å². The summed E-state index contributed by atoms with van der Waals surface area (Å²) in [5.41, 5.74) is 1.16. The summed E-state index contributed by atoms with van der Waals surface area (Å²) in [6.45, 7) is 5.09. The van der Waals surface area contributed by atoms with Crippen LogP contribution in [-0.2, 0) is 0 Å². The summed E-state index contributed by atoms with van der Waals surface area (Å²) in [6, 6.07) is 10.7. The number of nitrogens with one attached hydrogen (secondary N) is 1. The molecule has 4 heteroatoms. The van der Waals surface area contributed by atoms with E-state index in [-0.39, 0.29) is 0 Å². The highest BCUT2D eigenvalue weighted by atomic mass is 16.5. The molecule has 0 aromatic heterocycles. The Morgan fingerprint density at radius 1 is 1.47 bits per heavy atom. The van der Waals surface area contributed by atoms with Gasteiger partial charge in [0.1, 0.15) is 5.75 Å². The third kappa shape index (κ3) is 3.62. The molecule has 1 heterocycles. The van der Waals surface area contributed by atoms with Crippen LogP contribution in [0.2, 0.25) is 0 Å². The molecule has 0 bridgehead atoms. The first-order valence-corrected chi connectivity index (χ1v) is 6.92. The average Bonchev–Trinajstić information content (AvgIpc) is 2.46. The van der Waals surface area contributed by atoms with Crippen LogP contribution >= 0.6 is 0 Å². The first-order valence-electron chi connectivity index (χ1n) is 6.92. The molecule has 1 aromatic carbocycles. The molecule has 1 atom stereocenters. The average molecular weight is 259 g/mol. The Morgan fingerprint density at radius 3 is 3.11 bits per heavy atom. The molecule has 19 heavy (non-hydrogen) atoms. The van der Waals surface area contributed by atoms with Crippen molar-refractivity contribution in [2.75, 3.05) is 31.1 Å². The summed E-state index contributed by atoms with van der Waals surface area (Å²) in [6.07, 6.45) is 2.28. The van der Waals surface area contributed by atoms with E-state index in [1.54, 1.807) is 0 Å². The molecule has 1 aromatic rings. The highest BCUT2D eigenvalue weighted by Crippen LogP contribution is 2.30. The highest BCUT2D eigenvalue weighted by Gasteiger charge is 2.21. The second-order valence-electron chi connectivity index (χ2n) is 4.72. The molecule has 0 saturated carbocycles. The molecule has 102 valence electrons. The zero-order valence-electron chi connectivity index (χ0n) is 11.4. The van der Waals surface area contributed by atoms with Crippen LogP contribution in [0.3, 0.4) is 0 Å². The Bertz CT molecular complexity index is 441. The van der Waals surface area contributed by atoms with Gasteiger partial charge < -0.3 is 9.64 Å². The summed E-state index contributed by atoms with van der Waals surface area (Å²) in [5, 5.41) is 11.9. The lowest BCUT2D eigenvalue weighted by atomic mass is 10.0. The van der Waals surface area contributed by atoms with Crippen molar-refractivity contribution in [2.45, 2.75) is 25.8 Å². The fraction of sp³-hybridized carbons (Fsp3) is 0.533. The summed E-state index contributed by atoms with van der Waals surface area (Å²) in [4.78, 5) is 2.35. The minimum absolute atomic E-state index is 0.392. The topological polar surface area (TPSA) is 48.3 Å². The number of benzene rings is 1. The van der Waals surface area contributed by atoms with Gasteiger partial charge in [0, 0.05) is 19.1 Å². The minimum atomic E-state index is 0.392. The van der Waals surface area contributed by atoms with Crippen LogP contribution in [0.4, 0.5) is 5.69 Å². The zero-order chi connectivity index (χ0) is 13.5. The fourth-order valence-electron chi connectivity index (χ4n) is 2.55. The molecule has 0 radical (unpaired) electrons. The molecule has 0 aliphatic carbocycles. The van der Waals surface area contributed by atoms with E-state index in [1.807, 2.05) is 25.1 Å². The van der Waals surface area contributed by atoms with Gasteiger partial charge in [0.2, 0.25) is 0 Å². The number of piperidine rings is 1. The van der Waals surface area contributed by atoms with Gasteiger partial charge in [-0.2, -0.15) is 5.26 Å². The molecule has 0 amide bonds. The third-order valence-corrected chi connectivity index (χ3v) is 3.40. The summed E-state index contributed by atoms with van der Waals surface area (Å²) in [7, 11) is 0. The molecule has 1 aliphatic heterocycles. The number of hydrogen-bond acceptors (Lipinski definition) is 4. The largest absolute Gasteiger partial charge is 0.492 e. The second-order valence-corrected chi connectivity index (χ2v) is 4.72. The van der Waals surface area contributed by atoms with Gasteiger partial charge in [0.05, 0.1) is 24.9 Å². The Morgan fingerprint density at radius 2 is 2.32 bits per heavy atom. The molecule has 0 spiro atoms. The Kier molecular flexibility index (Phi) is 5.05. The van der Waals surface area contributed by atoms with Crippen LogP contribution in [0, 0.1) is 11.3 Å². The Balaban J connectivity index is 2.06. The summed E-state index contributed by atoms with van der Waals surface area (Å²) in [5.74, 6) is 0.950. The van der Waals surface area contributed by atoms with Crippen LogP contribution < -0.4 is 15.0 Å². The zero-order valence-corrected chi connectivity index (χ0v) is 11.4. The van der Waals surface area contributed by atoms with Gasteiger partial charge in [0.15, 0.2) is 0 Å². The molecule has 1 aliphatic rings. The maximum absolute atomic E-state index is 8.65. The van der Waals surface area contributed by atoms with Gasteiger partial charge in [-0.3, -0.25) is 5.32 Å². The normalized spacial score (nSPS) is 18.9. The predicted octanol–water partition coefficient (Wildman–Crippen LogP) is 2.17. The van der Waals surface area contributed by atoms with Crippen LogP contribution in [0.25, 0.3) is 0 Å². The van der Waals surface area contributed by atoms with Crippen molar-refractivity contribution in [3.8, 4) is 11.8 Å². The number of nitriles is 1. The number of ether oxygens (including phenoxy) is 1. The van der Waals surface area contributed by atoms with Gasteiger partial charge in [0.25, 0.3) is 0 Å². The van der Waals surface area contributed by atoms with Crippen molar-refractivity contribution in [3.63, 3.8) is 0 Å². The first kappa shape index (κ1) is 13.7. The van der Waals surface area contributed by atoms with Gasteiger partial charge >= 0.3 is 0 Å². The molecular weight excluding hydrogens is 238 g/mol. The van der Waals surface area contributed by atoms with Crippen molar-refractivity contribution < 1.29 is 4.74 Å². The van der Waals surface area contributed by atoms with Crippen molar-refractivity contribution in [1.82, 2.24) is 5.32 Å². The Labute approximate surface area is 115 Å². The minimum Gasteiger partial charge on any atom is -0.492 e. The maximum Gasteiger partial charge on any atom is 0.142 e. The van der Waals surface area contributed by atoms with Crippen molar-refractivity contribution >= 4 is 5.69 Å². The molecule has 1 fully saturated rings. The fourth-order valence-corrected chi connectivity index (χ4v) is 2.55. The molecule has 4 nitrogen and oxygen atoms in total. The van der Waals surface area contributed by atoms with Crippen LogP contribution in [0.15, 0.2) is 24.3 Å². The number of rotatable bonds is 5. The van der Waals surface area contributed by atoms with Crippen molar-refractivity contribution in [1.29, 1.82) is 5.26 Å². The monoisotopic (exact) mass is 259 g/mol. The molecule has 1 saturated heterocycles. The number of para-hydroxylation sites is 2. The van der Waals surface area contributed by atoms with Crippen LogP contribution in [0.5, 0.6) is 5.75 Å². The lowest BCUT2D eigenvalue weighted by Crippen LogP contribution is -2.46. The maximum atomic E-state index is 8.65. The molecular formula is C15H21N3O. The smallest absolute Gasteiger partial charge is 0.142 e. The molecule has 1 unspecified atom stereocenters. The van der Waals surface area contributed by atoms with Crippen LogP contribution in [-0.4, -0.2) is 32.3 Å². The van der Waals surface area contributed by atoms with E-state index < -0.39 is 0 Å². The van der Waals surface area contributed by atoms with Gasteiger partial charge in [-0.1, -0.05) is 12.1 Å². The number of nitrogens with zero attached hydrogens (tertiary/aromatic N) is 2. The molecule has 1 N–H and O–H groups in total. The second kappa shape index (κ2) is 7.01. The summed E-state index contributed by atoms with van der Waals surface area (Å²) < 4.78 is 5.69. The standard InChI is InChI=1S/C15H21N3O/c1-2-19-15-8-4-3-7-14(15)18-11-5-6-13(12-18)17-10-9-16/h3-4,7-8,13,17H,2,5-6,10-12H2,1H3. The molecule has 2 rings (SSSR count). The number of hydrogen-bond donors (Lipinski definition) is 1. The third-order valence-electron chi connectivity index (χ3n) is 3.40. The number of anilines is 1. The van der Waals surface area contributed by atoms with E-state index in [9.17, 15) is 0 Å². The Hall–Kier alpha value is -1.73. The summed E-state index contributed by atoms with van der Waals surface area (Å²) >= 11 is 0. The van der Waals surface area contributed by atoms with Gasteiger partial charge in [-0.25, -0.2) is 0 Å². The highest BCUT2D eigenvalue weighted by molar-refractivity contribution is 5.58. The SMILES string of the molecule is CCOc1ccccc1N1CCCC(NCC#N)C1. The van der Waals surface area contributed by atoms with Crippen molar-refractivity contribution in [3.05, 3.63) is 24.3 Å². The van der Waals surface area contributed by atoms with E-state index in [0.717, 1.165) is 37.4 Å². The van der Waals surface area contributed by atoms with E-state index in [1.165, 1.54) is 0 Å². The van der Waals surface area contributed by atoms with E-state index >= 15 is 0 Å². The first-order chi connectivity index (χ1) is 9.35. The van der Waals surface area contributed by atoms with E-state index in [0.29, 0.717) is 19.2 Å². The van der Waals surface area contributed by atoms with Crippen molar-refractivity contribution in [2.24, 2.45) is 0 Å².